The first-order valence-electron chi connectivity index (χ1n) is 9.22. The molecule has 1 aliphatic heterocycles. The van der Waals surface area contributed by atoms with Crippen molar-refractivity contribution >= 4 is 33.9 Å². The van der Waals surface area contributed by atoms with Gasteiger partial charge < -0.3 is 14.3 Å². The first-order chi connectivity index (χ1) is 13.2. The van der Waals surface area contributed by atoms with Crippen LogP contribution in [-0.4, -0.2) is 33.9 Å². The maximum absolute atomic E-state index is 10.6. The van der Waals surface area contributed by atoms with Crippen LogP contribution in [0.1, 0.15) is 6.42 Å². The van der Waals surface area contributed by atoms with Gasteiger partial charge in [-0.1, -0.05) is 12.1 Å². The first-order valence-corrected chi connectivity index (χ1v) is 9.22. The standard InChI is InChI=1S/C22H20N4O/c1-25-20-6-8-23-12-19(20)18-4-2-16(10-21(18)25)17-3-5-22(24-11-17)26-13-15(14-26)7-9-27/h2-6,8-12,15H,7,13-14H2,1H3. The van der Waals surface area contributed by atoms with E-state index in [2.05, 4.69) is 62.9 Å². The van der Waals surface area contributed by atoms with Crippen molar-refractivity contribution in [3.8, 4) is 11.1 Å². The number of aromatic nitrogens is 3. The van der Waals surface area contributed by atoms with E-state index in [1.165, 1.54) is 21.8 Å². The van der Waals surface area contributed by atoms with Crippen molar-refractivity contribution in [3.05, 3.63) is 55.0 Å². The van der Waals surface area contributed by atoms with Crippen molar-refractivity contribution in [3.63, 3.8) is 0 Å². The summed E-state index contributed by atoms with van der Waals surface area (Å²) in [6.45, 7) is 1.84. The zero-order valence-corrected chi connectivity index (χ0v) is 15.2. The fraction of sp³-hybridized carbons (Fsp3) is 0.227. The van der Waals surface area contributed by atoms with Gasteiger partial charge in [0.1, 0.15) is 12.1 Å². The Bertz CT molecular complexity index is 1140. The summed E-state index contributed by atoms with van der Waals surface area (Å²) in [5.41, 5.74) is 4.64. The lowest BCUT2D eigenvalue weighted by atomic mass is 9.97. The van der Waals surface area contributed by atoms with E-state index in [9.17, 15) is 4.79 Å². The van der Waals surface area contributed by atoms with Crippen LogP contribution in [0.4, 0.5) is 5.82 Å². The summed E-state index contributed by atoms with van der Waals surface area (Å²) < 4.78 is 2.21. The average molecular weight is 356 g/mol. The van der Waals surface area contributed by atoms with Gasteiger partial charge >= 0.3 is 0 Å². The molecule has 0 atom stereocenters. The molecule has 0 radical (unpaired) electrons. The van der Waals surface area contributed by atoms with Crippen LogP contribution in [0.2, 0.25) is 0 Å². The van der Waals surface area contributed by atoms with E-state index in [4.69, 9.17) is 0 Å². The second kappa shape index (κ2) is 6.20. The van der Waals surface area contributed by atoms with E-state index in [0.29, 0.717) is 12.3 Å². The number of fused-ring (bicyclic) bond motifs is 3. The molecule has 0 spiro atoms. The molecule has 1 aromatic carbocycles. The normalized spacial score (nSPS) is 14.6. The quantitative estimate of drug-likeness (QED) is 0.522. The fourth-order valence-corrected chi connectivity index (χ4v) is 4.02. The van der Waals surface area contributed by atoms with Gasteiger partial charge in [0.15, 0.2) is 0 Å². The molecule has 0 saturated carbocycles. The Morgan fingerprint density at radius 2 is 1.89 bits per heavy atom. The number of carbonyl (C=O) groups is 1. The van der Waals surface area contributed by atoms with Gasteiger partial charge in [-0.3, -0.25) is 4.98 Å². The van der Waals surface area contributed by atoms with Crippen LogP contribution >= 0.6 is 0 Å². The third kappa shape index (κ3) is 2.58. The fourth-order valence-electron chi connectivity index (χ4n) is 4.02. The minimum atomic E-state index is 0.479. The van der Waals surface area contributed by atoms with Crippen LogP contribution < -0.4 is 4.90 Å². The lowest BCUT2D eigenvalue weighted by Crippen LogP contribution is -2.47. The highest BCUT2D eigenvalue weighted by atomic mass is 16.1. The molecule has 5 nitrogen and oxygen atoms in total. The van der Waals surface area contributed by atoms with Gasteiger partial charge in [0.25, 0.3) is 0 Å². The van der Waals surface area contributed by atoms with Crippen LogP contribution in [0.15, 0.2) is 55.0 Å². The first kappa shape index (κ1) is 16.0. The van der Waals surface area contributed by atoms with E-state index in [0.717, 1.165) is 36.3 Å². The minimum Gasteiger partial charge on any atom is -0.356 e. The van der Waals surface area contributed by atoms with Crippen LogP contribution in [0.3, 0.4) is 0 Å². The predicted molar refractivity (Wildman–Crippen MR) is 108 cm³/mol. The van der Waals surface area contributed by atoms with Gasteiger partial charge in [-0.2, -0.15) is 0 Å². The van der Waals surface area contributed by atoms with Gasteiger partial charge in [-0.05, 0) is 29.8 Å². The van der Waals surface area contributed by atoms with Crippen molar-refractivity contribution < 1.29 is 4.79 Å². The molecule has 1 fully saturated rings. The molecule has 1 saturated heterocycles. The van der Waals surface area contributed by atoms with Gasteiger partial charge in [-0.15, -0.1) is 0 Å². The Kier molecular flexibility index (Phi) is 3.67. The number of pyridine rings is 2. The second-order valence-electron chi connectivity index (χ2n) is 7.26. The molecule has 4 heterocycles. The number of anilines is 1. The van der Waals surface area contributed by atoms with Gasteiger partial charge in [0, 0.05) is 72.9 Å². The lowest BCUT2D eigenvalue weighted by molar-refractivity contribution is -0.108. The number of rotatable bonds is 4. The third-order valence-corrected chi connectivity index (χ3v) is 5.60. The molecule has 5 heteroatoms. The Morgan fingerprint density at radius 1 is 1.04 bits per heavy atom. The zero-order chi connectivity index (χ0) is 18.4. The molecule has 1 aliphatic rings. The summed E-state index contributed by atoms with van der Waals surface area (Å²) in [7, 11) is 2.09. The number of benzene rings is 1. The van der Waals surface area contributed by atoms with E-state index >= 15 is 0 Å². The van der Waals surface area contributed by atoms with E-state index < -0.39 is 0 Å². The van der Waals surface area contributed by atoms with Gasteiger partial charge in [0.05, 0.1) is 5.52 Å². The highest BCUT2D eigenvalue weighted by molar-refractivity contribution is 6.08. The van der Waals surface area contributed by atoms with E-state index in [1.807, 2.05) is 18.6 Å². The number of aryl methyl sites for hydroxylation is 1. The number of hydrogen-bond acceptors (Lipinski definition) is 4. The van der Waals surface area contributed by atoms with Crippen LogP contribution in [-0.2, 0) is 11.8 Å². The molecular weight excluding hydrogens is 336 g/mol. The number of aldehydes is 1. The number of carbonyl (C=O) groups excluding carboxylic acids is 1. The number of nitrogens with zero attached hydrogens (tertiary/aromatic N) is 4. The molecule has 0 aliphatic carbocycles. The SMILES string of the molecule is Cn1c2ccncc2c2ccc(-c3ccc(N4CC(CC=O)C4)nc3)cc21. The van der Waals surface area contributed by atoms with Gasteiger partial charge in [0.2, 0.25) is 0 Å². The molecule has 0 amide bonds. The number of hydrogen-bond donors (Lipinski definition) is 0. The minimum absolute atomic E-state index is 0.479. The monoisotopic (exact) mass is 356 g/mol. The topological polar surface area (TPSA) is 51.0 Å². The summed E-state index contributed by atoms with van der Waals surface area (Å²) in [5, 5.41) is 2.40. The van der Waals surface area contributed by atoms with Crippen LogP contribution in [0.5, 0.6) is 0 Å². The molecule has 4 aromatic rings. The Hall–Kier alpha value is -3.21. The van der Waals surface area contributed by atoms with Gasteiger partial charge in [-0.25, -0.2) is 4.98 Å². The van der Waals surface area contributed by atoms with Crippen molar-refractivity contribution in [1.82, 2.24) is 14.5 Å². The molecule has 0 bridgehead atoms. The van der Waals surface area contributed by atoms with Crippen molar-refractivity contribution in [2.24, 2.45) is 13.0 Å². The Morgan fingerprint density at radius 3 is 2.67 bits per heavy atom. The Balaban J connectivity index is 1.46. The van der Waals surface area contributed by atoms with Crippen molar-refractivity contribution in [1.29, 1.82) is 0 Å². The molecule has 0 unspecified atom stereocenters. The molecule has 5 rings (SSSR count). The Labute approximate surface area is 157 Å². The van der Waals surface area contributed by atoms with Crippen LogP contribution in [0.25, 0.3) is 32.9 Å². The zero-order valence-electron chi connectivity index (χ0n) is 15.2. The molecule has 3 aromatic heterocycles. The second-order valence-corrected chi connectivity index (χ2v) is 7.26. The summed E-state index contributed by atoms with van der Waals surface area (Å²) in [5.74, 6) is 1.46. The molecule has 27 heavy (non-hydrogen) atoms. The highest BCUT2D eigenvalue weighted by Crippen LogP contribution is 2.32. The predicted octanol–water partition coefficient (Wildman–Crippen LogP) is 3.81. The maximum atomic E-state index is 10.6. The summed E-state index contributed by atoms with van der Waals surface area (Å²) >= 11 is 0. The highest BCUT2D eigenvalue weighted by Gasteiger charge is 2.27. The third-order valence-electron chi connectivity index (χ3n) is 5.60. The van der Waals surface area contributed by atoms with E-state index in [-0.39, 0.29) is 0 Å². The molecule has 0 N–H and O–H groups in total. The summed E-state index contributed by atoms with van der Waals surface area (Å²) in [6.07, 6.45) is 7.36. The average Bonchev–Trinajstić information content (AvgIpc) is 2.97. The molecular formula is C22H20N4O. The molecule has 134 valence electrons. The lowest BCUT2D eigenvalue weighted by Gasteiger charge is -2.39. The van der Waals surface area contributed by atoms with Crippen molar-refractivity contribution in [2.75, 3.05) is 18.0 Å². The summed E-state index contributed by atoms with van der Waals surface area (Å²) in [6, 6.07) is 12.8. The van der Waals surface area contributed by atoms with Crippen molar-refractivity contribution in [2.45, 2.75) is 6.42 Å². The smallest absolute Gasteiger partial charge is 0.128 e. The largest absolute Gasteiger partial charge is 0.356 e. The summed E-state index contributed by atoms with van der Waals surface area (Å²) in [4.78, 5) is 21.7. The van der Waals surface area contributed by atoms with Crippen LogP contribution in [0, 0.1) is 5.92 Å². The van der Waals surface area contributed by atoms with E-state index in [1.54, 1.807) is 0 Å². The maximum Gasteiger partial charge on any atom is 0.128 e.